The Kier molecular flexibility index (Phi) is 5.96. The molecule has 0 atom stereocenters. The van der Waals surface area contributed by atoms with E-state index in [0.29, 0.717) is 30.8 Å². The molecule has 0 bridgehead atoms. The first-order chi connectivity index (χ1) is 13.1. The number of hydrogen-bond acceptors (Lipinski definition) is 4. The van der Waals surface area contributed by atoms with Crippen LogP contribution in [-0.2, 0) is 4.79 Å². The van der Waals surface area contributed by atoms with Crippen molar-refractivity contribution in [3.05, 3.63) is 54.1 Å². The minimum atomic E-state index is -0.162. The lowest BCUT2D eigenvalue weighted by atomic mass is 10.1. The van der Waals surface area contributed by atoms with Crippen molar-refractivity contribution in [1.82, 2.24) is 4.90 Å². The van der Waals surface area contributed by atoms with E-state index in [2.05, 4.69) is 10.2 Å². The second-order valence-corrected chi connectivity index (χ2v) is 6.42. The largest absolute Gasteiger partial charge is 0.497 e. The molecular formula is C21H25N3O3. The van der Waals surface area contributed by atoms with Crippen LogP contribution in [-0.4, -0.2) is 50.0 Å². The molecule has 0 aliphatic carbocycles. The molecule has 0 spiro atoms. The Morgan fingerprint density at radius 2 is 1.67 bits per heavy atom. The summed E-state index contributed by atoms with van der Waals surface area (Å²) in [5.41, 5.74) is 2.32. The maximum absolute atomic E-state index is 12.6. The summed E-state index contributed by atoms with van der Waals surface area (Å²) < 4.78 is 5.13. The number of hydrogen-bond donors (Lipinski definition) is 1. The Morgan fingerprint density at radius 3 is 2.30 bits per heavy atom. The van der Waals surface area contributed by atoms with Gasteiger partial charge in [0.25, 0.3) is 5.91 Å². The number of para-hydroxylation sites is 2. The smallest absolute Gasteiger partial charge is 0.255 e. The van der Waals surface area contributed by atoms with Gasteiger partial charge in [-0.05, 0) is 36.4 Å². The maximum atomic E-state index is 12.6. The van der Waals surface area contributed by atoms with E-state index in [9.17, 15) is 9.59 Å². The quantitative estimate of drug-likeness (QED) is 0.882. The minimum absolute atomic E-state index is 0.162. The molecule has 1 fully saturated rings. The second kappa shape index (κ2) is 8.58. The number of nitrogens with one attached hydrogen (secondary N) is 1. The lowest BCUT2D eigenvalue weighted by Gasteiger charge is -2.36. The number of carbonyl (C=O) groups is 2. The highest BCUT2D eigenvalue weighted by molar-refractivity contribution is 6.06. The lowest BCUT2D eigenvalue weighted by molar-refractivity contribution is -0.131. The van der Waals surface area contributed by atoms with E-state index in [1.807, 2.05) is 36.1 Å². The lowest BCUT2D eigenvalue weighted by Crippen LogP contribution is -2.48. The van der Waals surface area contributed by atoms with Crippen LogP contribution in [0.1, 0.15) is 23.7 Å². The molecule has 6 heteroatoms. The molecule has 142 valence electrons. The molecule has 0 unspecified atom stereocenters. The predicted molar refractivity (Wildman–Crippen MR) is 106 cm³/mol. The number of nitrogens with zero attached hydrogens (tertiary/aromatic N) is 2. The normalized spacial score (nSPS) is 14.0. The monoisotopic (exact) mass is 367 g/mol. The van der Waals surface area contributed by atoms with Gasteiger partial charge in [-0.2, -0.15) is 0 Å². The molecule has 27 heavy (non-hydrogen) atoms. The van der Waals surface area contributed by atoms with Crippen molar-refractivity contribution in [3.8, 4) is 5.75 Å². The van der Waals surface area contributed by atoms with Gasteiger partial charge in [0.1, 0.15) is 5.75 Å². The molecular weight excluding hydrogens is 342 g/mol. The highest BCUT2D eigenvalue weighted by Crippen LogP contribution is 2.27. The molecule has 1 N–H and O–H groups in total. The molecule has 2 aromatic rings. The van der Waals surface area contributed by atoms with Gasteiger partial charge in [0, 0.05) is 38.2 Å². The summed E-state index contributed by atoms with van der Waals surface area (Å²) in [6, 6.07) is 14.8. The zero-order valence-electron chi connectivity index (χ0n) is 15.8. The van der Waals surface area contributed by atoms with Crippen molar-refractivity contribution in [2.24, 2.45) is 0 Å². The standard InChI is InChI=1S/C21H25N3O3/c1-3-20(25)24-14-12-23(13-15-24)19-7-5-4-6-18(19)22-21(26)16-8-10-17(27-2)11-9-16/h4-11H,3,12-15H2,1-2H3,(H,22,26). The van der Waals surface area contributed by atoms with E-state index in [-0.39, 0.29) is 11.8 Å². The highest BCUT2D eigenvalue weighted by Gasteiger charge is 2.22. The van der Waals surface area contributed by atoms with Gasteiger partial charge in [-0.15, -0.1) is 0 Å². The fourth-order valence-electron chi connectivity index (χ4n) is 3.21. The van der Waals surface area contributed by atoms with Gasteiger partial charge < -0.3 is 19.9 Å². The van der Waals surface area contributed by atoms with Crippen LogP contribution in [0.25, 0.3) is 0 Å². The zero-order chi connectivity index (χ0) is 19.2. The van der Waals surface area contributed by atoms with Crippen LogP contribution in [0.3, 0.4) is 0 Å². The Morgan fingerprint density at radius 1 is 1.00 bits per heavy atom. The molecule has 0 saturated carbocycles. The van der Waals surface area contributed by atoms with Gasteiger partial charge in [-0.1, -0.05) is 19.1 Å². The molecule has 3 rings (SSSR count). The molecule has 1 heterocycles. The number of anilines is 2. The first kappa shape index (κ1) is 18.8. The first-order valence-corrected chi connectivity index (χ1v) is 9.19. The maximum Gasteiger partial charge on any atom is 0.255 e. The summed E-state index contributed by atoms with van der Waals surface area (Å²) in [4.78, 5) is 28.6. The van der Waals surface area contributed by atoms with Gasteiger partial charge in [0.05, 0.1) is 18.5 Å². The molecule has 6 nitrogen and oxygen atoms in total. The second-order valence-electron chi connectivity index (χ2n) is 6.42. The third kappa shape index (κ3) is 4.39. The van der Waals surface area contributed by atoms with Crippen molar-refractivity contribution in [2.75, 3.05) is 43.5 Å². The number of piperazine rings is 1. The Bertz CT molecular complexity index is 797. The third-order valence-corrected chi connectivity index (χ3v) is 4.78. The fourth-order valence-corrected chi connectivity index (χ4v) is 3.21. The zero-order valence-corrected chi connectivity index (χ0v) is 15.8. The third-order valence-electron chi connectivity index (χ3n) is 4.78. The number of benzene rings is 2. The average Bonchev–Trinajstić information content (AvgIpc) is 2.73. The van der Waals surface area contributed by atoms with E-state index in [0.717, 1.165) is 24.5 Å². The van der Waals surface area contributed by atoms with E-state index < -0.39 is 0 Å². The van der Waals surface area contributed by atoms with Crippen LogP contribution in [0.5, 0.6) is 5.75 Å². The first-order valence-electron chi connectivity index (χ1n) is 9.19. The van der Waals surface area contributed by atoms with Crippen molar-refractivity contribution < 1.29 is 14.3 Å². The molecule has 2 amide bonds. The summed E-state index contributed by atoms with van der Waals surface area (Å²) in [7, 11) is 1.60. The number of ether oxygens (including phenoxy) is 1. The van der Waals surface area contributed by atoms with E-state index in [1.165, 1.54) is 0 Å². The number of rotatable bonds is 5. The summed E-state index contributed by atoms with van der Waals surface area (Å²) in [6.45, 7) is 4.79. The van der Waals surface area contributed by atoms with Crippen molar-refractivity contribution in [2.45, 2.75) is 13.3 Å². The van der Waals surface area contributed by atoms with Crippen LogP contribution in [0.4, 0.5) is 11.4 Å². The Hall–Kier alpha value is -3.02. The SMILES string of the molecule is CCC(=O)N1CCN(c2ccccc2NC(=O)c2ccc(OC)cc2)CC1. The van der Waals surface area contributed by atoms with Crippen LogP contribution in [0.2, 0.25) is 0 Å². The number of methoxy groups -OCH3 is 1. The fraction of sp³-hybridized carbons (Fsp3) is 0.333. The van der Waals surface area contributed by atoms with Crippen LogP contribution in [0.15, 0.2) is 48.5 Å². The average molecular weight is 367 g/mol. The van der Waals surface area contributed by atoms with E-state index >= 15 is 0 Å². The van der Waals surface area contributed by atoms with E-state index in [1.54, 1.807) is 31.4 Å². The molecule has 0 aromatic heterocycles. The van der Waals surface area contributed by atoms with Crippen molar-refractivity contribution in [3.63, 3.8) is 0 Å². The van der Waals surface area contributed by atoms with Crippen LogP contribution >= 0.6 is 0 Å². The predicted octanol–water partition coefficient (Wildman–Crippen LogP) is 3.01. The van der Waals surface area contributed by atoms with Gasteiger partial charge >= 0.3 is 0 Å². The molecule has 1 saturated heterocycles. The number of amides is 2. The van der Waals surface area contributed by atoms with Crippen LogP contribution < -0.4 is 15.0 Å². The van der Waals surface area contributed by atoms with E-state index in [4.69, 9.17) is 4.74 Å². The van der Waals surface area contributed by atoms with Crippen LogP contribution in [0, 0.1) is 0 Å². The Labute approximate surface area is 159 Å². The topological polar surface area (TPSA) is 61.9 Å². The summed E-state index contributed by atoms with van der Waals surface area (Å²) in [6.07, 6.45) is 0.536. The highest BCUT2D eigenvalue weighted by atomic mass is 16.5. The van der Waals surface area contributed by atoms with Crippen molar-refractivity contribution in [1.29, 1.82) is 0 Å². The molecule has 2 aromatic carbocycles. The van der Waals surface area contributed by atoms with Gasteiger partial charge in [-0.3, -0.25) is 9.59 Å². The van der Waals surface area contributed by atoms with Gasteiger partial charge in [0.15, 0.2) is 0 Å². The molecule has 1 aliphatic heterocycles. The Balaban J connectivity index is 1.70. The summed E-state index contributed by atoms with van der Waals surface area (Å²) >= 11 is 0. The minimum Gasteiger partial charge on any atom is -0.497 e. The van der Waals surface area contributed by atoms with Crippen molar-refractivity contribution >= 4 is 23.2 Å². The van der Waals surface area contributed by atoms with Gasteiger partial charge in [0.2, 0.25) is 5.91 Å². The molecule has 1 aliphatic rings. The van der Waals surface area contributed by atoms with Gasteiger partial charge in [-0.25, -0.2) is 0 Å². The molecule has 0 radical (unpaired) electrons. The number of carbonyl (C=O) groups excluding carboxylic acids is 2. The summed E-state index contributed by atoms with van der Waals surface area (Å²) in [5, 5.41) is 3.00. The summed E-state index contributed by atoms with van der Waals surface area (Å²) in [5.74, 6) is 0.743.